The van der Waals surface area contributed by atoms with E-state index >= 15 is 0 Å². The minimum atomic E-state index is 0.688. The Morgan fingerprint density at radius 1 is 0.645 bits per heavy atom. The summed E-state index contributed by atoms with van der Waals surface area (Å²) in [7, 11) is 0. The van der Waals surface area contributed by atoms with E-state index in [4.69, 9.17) is 9.47 Å². The summed E-state index contributed by atoms with van der Waals surface area (Å²) in [5, 5.41) is 3.48. The topological polar surface area (TPSA) is 30.5 Å². The Hall–Kier alpha value is -2.94. The molecule has 0 heterocycles. The predicted octanol–water partition coefficient (Wildman–Crippen LogP) is 7.27. The third-order valence-electron chi connectivity index (χ3n) is 5.27. The largest absolute Gasteiger partial charge is 0.494 e. The van der Waals surface area contributed by atoms with Gasteiger partial charge in [0, 0.05) is 24.7 Å². The highest BCUT2D eigenvalue weighted by Gasteiger charge is 2.00. The van der Waals surface area contributed by atoms with E-state index in [1.165, 1.54) is 36.8 Å². The molecule has 0 saturated carbocycles. The smallest absolute Gasteiger partial charge is 0.121 e. The maximum Gasteiger partial charge on any atom is 0.121 e. The molecule has 0 radical (unpaired) electrons. The second kappa shape index (κ2) is 13.4. The average molecular weight is 418 g/mol. The molecule has 0 unspecified atom stereocenters. The SMILES string of the molecule is CCCCCCCOc1cccc(NCc2ccc(OCCc3ccccc3)cc2)c1. The molecule has 0 atom stereocenters. The van der Waals surface area contributed by atoms with Crippen molar-refractivity contribution in [1.82, 2.24) is 0 Å². The molecule has 31 heavy (non-hydrogen) atoms. The molecule has 1 N–H and O–H groups in total. The molecule has 0 amide bonds. The van der Waals surface area contributed by atoms with Crippen LogP contribution in [0.15, 0.2) is 78.9 Å². The molecule has 0 fully saturated rings. The van der Waals surface area contributed by atoms with Crippen molar-refractivity contribution in [2.45, 2.75) is 52.0 Å². The molecular formula is C28H35NO2. The molecule has 0 aliphatic rings. The summed E-state index contributed by atoms with van der Waals surface area (Å²) in [5.74, 6) is 1.84. The van der Waals surface area contributed by atoms with Crippen LogP contribution in [0.3, 0.4) is 0 Å². The first-order valence-corrected chi connectivity index (χ1v) is 11.6. The quantitative estimate of drug-likeness (QED) is 0.280. The van der Waals surface area contributed by atoms with Crippen LogP contribution in [0.1, 0.15) is 50.2 Å². The molecule has 3 nitrogen and oxygen atoms in total. The summed E-state index contributed by atoms with van der Waals surface area (Å²) in [5.41, 5.74) is 3.59. The van der Waals surface area contributed by atoms with Gasteiger partial charge in [-0.25, -0.2) is 0 Å². The average Bonchev–Trinajstić information content (AvgIpc) is 2.82. The number of nitrogens with one attached hydrogen (secondary N) is 1. The Balaban J connectivity index is 1.37. The van der Waals surface area contributed by atoms with Gasteiger partial charge in [-0.1, -0.05) is 81.1 Å². The normalized spacial score (nSPS) is 10.6. The third-order valence-corrected chi connectivity index (χ3v) is 5.27. The number of benzene rings is 3. The number of hydrogen-bond acceptors (Lipinski definition) is 3. The summed E-state index contributed by atoms with van der Waals surface area (Å²) in [6.45, 7) is 4.49. The number of hydrogen-bond donors (Lipinski definition) is 1. The maximum absolute atomic E-state index is 5.91. The van der Waals surface area contributed by atoms with Crippen LogP contribution in [-0.2, 0) is 13.0 Å². The molecule has 3 aromatic rings. The fourth-order valence-electron chi connectivity index (χ4n) is 3.43. The van der Waals surface area contributed by atoms with E-state index in [9.17, 15) is 0 Å². The van der Waals surface area contributed by atoms with Crippen LogP contribution in [0.25, 0.3) is 0 Å². The van der Waals surface area contributed by atoms with Crippen molar-refractivity contribution in [3.63, 3.8) is 0 Å². The lowest BCUT2D eigenvalue weighted by atomic mass is 10.2. The second-order valence-electron chi connectivity index (χ2n) is 7.87. The Bertz CT molecular complexity index is 862. The number of rotatable bonds is 14. The minimum Gasteiger partial charge on any atom is -0.494 e. The molecule has 0 saturated heterocycles. The molecule has 3 heteroatoms. The van der Waals surface area contributed by atoms with Gasteiger partial charge in [0.25, 0.3) is 0 Å². The Morgan fingerprint density at radius 2 is 1.42 bits per heavy atom. The van der Waals surface area contributed by atoms with Crippen LogP contribution >= 0.6 is 0 Å². The van der Waals surface area contributed by atoms with Crippen molar-refractivity contribution in [3.8, 4) is 11.5 Å². The molecule has 3 rings (SSSR count). The first kappa shape index (κ1) is 22.7. The molecule has 0 bridgehead atoms. The standard InChI is InChI=1S/C28H35NO2/c1-2-3-4-5-9-20-30-28-14-10-13-26(22-28)29-23-25-15-17-27(18-16-25)31-21-19-24-11-7-6-8-12-24/h6-8,10-18,22,29H,2-5,9,19-21,23H2,1H3. The molecular weight excluding hydrogens is 382 g/mol. The van der Waals surface area contributed by atoms with Crippen LogP contribution in [0, 0.1) is 0 Å². The molecule has 0 aromatic heterocycles. The van der Waals surface area contributed by atoms with Gasteiger partial charge in [-0.05, 0) is 41.8 Å². The van der Waals surface area contributed by atoms with E-state index in [1.807, 2.05) is 30.3 Å². The summed E-state index contributed by atoms with van der Waals surface area (Å²) in [6.07, 6.45) is 7.19. The lowest BCUT2D eigenvalue weighted by Gasteiger charge is -2.11. The van der Waals surface area contributed by atoms with E-state index in [-0.39, 0.29) is 0 Å². The monoisotopic (exact) mass is 417 g/mol. The van der Waals surface area contributed by atoms with Crippen LogP contribution < -0.4 is 14.8 Å². The molecule has 0 aliphatic carbocycles. The number of anilines is 1. The first-order chi connectivity index (χ1) is 15.3. The van der Waals surface area contributed by atoms with Crippen LogP contribution in [0.2, 0.25) is 0 Å². The fraction of sp³-hybridized carbons (Fsp3) is 0.357. The van der Waals surface area contributed by atoms with Crippen molar-refractivity contribution in [2.75, 3.05) is 18.5 Å². The maximum atomic E-state index is 5.91. The van der Waals surface area contributed by atoms with Crippen molar-refractivity contribution in [3.05, 3.63) is 90.0 Å². The van der Waals surface area contributed by atoms with Gasteiger partial charge in [0.1, 0.15) is 11.5 Å². The second-order valence-corrected chi connectivity index (χ2v) is 7.87. The zero-order valence-corrected chi connectivity index (χ0v) is 18.7. The number of ether oxygens (including phenoxy) is 2. The summed E-state index contributed by atoms with van der Waals surface area (Å²) < 4.78 is 11.8. The molecule has 0 aliphatic heterocycles. The van der Waals surface area contributed by atoms with E-state index in [2.05, 4.69) is 60.8 Å². The van der Waals surface area contributed by atoms with E-state index < -0.39 is 0 Å². The lowest BCUT2D eigenvalue weighted by Crippen LogP contribution is -2.02. The van der Waals surface area contributed by atoms with Crippen LogP contribution in [0.4, 0.5) is 5.69 Å². The van der Waals surface area contributed by atoms with E-state index in [0.717, 1.165) is 43.2 Å². The van der Waals surface area contributed by atoms with E-state index in [1.54, 1.807) is 0 Å². The van der Waals surface area contributed by atoms with Gasteiger partial charge in [0.15, 0.2) is 0 Å². The molecule has 3 aromatic carbocycles. The Labute approximate surface area is 187 Å². The van der Waals surface area contributed by atoms with Crippen molar-refractivity contribution < 1.29 is 9.47 Å². The fourth-order valence-corrected chi connectivity index (χ4v) is 3.43. The van der Waals surface area contributed by atoms with Crippen LogP contribution in [-0.4, -0.2) is 13.2 Å². The molecule has 164 valence electrons. The van der Waals surface area contributed by atoms with Gasteiger partial charge in [0.05, 0.1) is 13.2 Å². The van der Waals surface area contributed by atoms with Gasteiger partial charge in [0.2, 0.25) is 0 Å². The Kier molecular flexibility index (Phi) is 9.81. The minimum absolute atomic E-state index is 0.688. The van der Waals surface area contributed by atoms with Gasteiger partial charge in [-0.3, -0.25) is 0 Å². The van der Waals surface area contributed by atoms with Gasteiger partial charge in [-0.15, -0.1) is 0 Å². The van der Waals surface area contributed by atoms with Crippen LogP contribution in [0.5, 0.6) is 11.5 Å². The predicted molar refractivity (Wildman–Crippen MR) is 130 cm³/mol. The highest BCUT2D eigenvalue weighted by atomic mass is 16.5. The number of unbranched alkanes of at least 4 members (excludes halogenated alkanes) is 4. The van der Waals surface area contributed by atoms with Gasteiger partial charge in [-0.2, -0.15) is 0 Å². The van der Waals surface area contributed by atoms with Gasteiger partial charge >= 0.3 is 0 Å². The third kappa shape index (κ3) is 8.75. The highest BCUT2D eigenvalue weighted by Crippen LogP contribution is 2.19. The van der Waals surface area contributed by atoms with Crippen molar-refractivity contribution >= 4 is 5.69 Å². The van der Waals surface area contributed by atoms with Gasteiger partial charge < -0.3 is 14.8 Å². The van der Waals surface area contributed by atoms with E-state index in [0.29, 0.717) is 6.61 Å². The summed E-state index contributed by atoms with van der Waals surface area (Å²) >= 11 is 0. The first-order valence-electron chi connectivity index (χ1n) is 11.6. The van der Waals surface area contributed by atoms with Crippen molar-refractivity contribution in [2.24, 2.45) is 0 Å². The zero-order chi connectivity index (χ0) is 21.6. The Morgan fingerprint density at radius 3 is 2.23 bits per heavy atom. The summed E-state index contributed by atoms with van der Waals surface area (Å²) in [4.78, 5) is 0. The lowest BCUT2D eigenvalue weighted by molar-refractivity contribution is 0.304. The zero-order valence-electron chi connectivity index (χ0n) is 18.7. The highest BCUT2D eigenvalue weighted by molar-refractivity contribution is 5.48. The summed E-state index contributed by atoms with van der Waals surface area (Å²) in [6, 6.07) is 27.0. The molecule has 0 spiro atoms. The van der Waals surface area contributed by atoms with Crippen molar-refractivity contribution in [1.29, 1.82) is 0 Å².